The van der Waals surface area contributed by atoms with E-state index in [1.165, 1.54) is 6.07 Å². The largest absolute Gasteiger partial charge is 0.458 e. The number of aryl methyl sites for hydroxylation is 2. The van der Waals surface area contributed by atoms with Crippen molar-refractivity contribution in [2.45, 2.75) is 71.4 Å². The number of pyridine rings is 2. The lowest BCUT2D eigenvalue weighted by atomic mass is 9.81. The van der Waals surface area contributed by atoms with Crippen LogP contribution in [0, 0.1) is 19.7 Å². The maximum atomic E-state index is 15.1. The average Bonchev–Trinajstić information content (AvgIpc) is 3.36. The highest BCUT2D eigenvalue weighted by molar-refractivity contribution is 5.93. The molecule has 0 saturated heterocycles. The normalized spacial score (nSPS) is 19.8. The first-order valence-corrected chi connectivity index (χ1v) is 14.4. The molecule has 2 N–H and O–H groups in total. The van der Waals surface area contributed by atoms with Crippen LogP contribution >= 0.6 is 0 Å². The molecule has 4 heterocycles. The predicted octanol–water partition coefficient (Wildman–Crippen LogP) is 4.75. The molecule has 3 aliphatic rings. The van der Waals surface area contributed by atoms with Gasteiger partial charge in [-0.2, -0.15) is 0 Å². The van der Waals surface area contributed by atoms with Crippen LogP contribution in [-0.2, 0) is 46.0 Å². The minimum Gasteiger partial charge on any atom is -0.458 e. The number of amides is 1. The summed E-state index contributed by atoms with van der Waals surface area (Å²) in [7, 11) is 0. The summed E-state index contributed by atoms with van der Waals surface area (Å²) in [6.45, 7) is 5.39. The molecule has 2 aromatic carbocycles. The number of halogens is 1. The summed E-state index contributed by atoms with van der Waals surface area (Å²) < 4.78 is 27.4. The molecular formula is C33H30FN3O6. The van der Waals surface area contributed by atoms with Gasteiger partial charge in [0.1, 0.15) is 19.0 Å². The number of hydrogen-bond donors (Lipinski definition) is 2. The van der Waals surface area contributed by atoms with Gasteiger partial charge in [-0.15, -0.1) is 0 Å². The van der Waals surface area contributed by atoms with E-state index >= 15 is 4.39 Å². The van der Waals surface area contributed by atoms with Crippen molar-refractivity contribution in [1.82, 2.24) is 14.9 Å². The van der Waals surface area contributed by atoms with Crippen LogP contribution in [0.3, 0.4) is 0 Å². The van der Waals surface area contributed by atoms with Gasteiger partial charge in [0.25, 0.3) is 5.56 Å². The number of aromatic nitrogens is 2. The SMILES string of the molecule is CC[C@@]1(O)C(=O)OCc2c1cc1n(c2=O)Cc2c-1nc1cc(F)c(C)c3c1c2[C@@H](NC(=O)OCc1cccc(C)c1)CC3. The van der Waals surface area contributed by atoms with Crippen molar-refractivity contribution < 1.29 is 28.6 Å². The van der Waals surface area contributed by atoms with Crippen LogP contribution in [-0.4, -0.2) is 26.7 Å². The van der Waals surface area contributed by atoms with Crippen LogP contribution in [0.4, 0.5) is 9.18 Å². The molecule has 0 fully saturated rings. The van der Waals surface area contributed by atoms with Crippen LogP contribution in [0.5, 0.6) is 0 Å². The zero-order chi connectivity index (χ0) is 30.2. The van der Waals surface area contributed by atoms with Crippen molar-refractivity contribution in [1.29, 1.82) is 0 Å². The van der Waals surface area contributed by atoms with Crippen LogP contribution in [0.25, 0.3) is 22.3 Å². The van der Waals surface area contributed by atoms with E-state index < -0.39 is 23.7 Å². The van der Waals surface area contributed by atoms with Gasteiger partial charge in [-0.1, -0.05) is 36.8 Å². The number of rotatable bonds is 4. The number of aliphatic hydroxyl groups is 1. The number of fused-ring (bicyclic) bond motifs is 5. The second-order valence-electron chi connectivity index (χ2n) is 11.6. The number of hydrogen-bond acceptors (Lipinski definition) is 7. The third-order valence-corrected chi connectivity index (χ3v) is 9.12. The van der Waals surface area contributed by atoms with Gasteiger partial charge in [-0.05, 0) is 61.4 Å². The molecule has 9 nitrogen and oxygen atoms in total. The monoisotopic (exact) mass is 583 g/mol. The second-order valence-corrected chi connectivity index (χ2v) is 11.6. The number of carbonyl (C=O) groups is 2. The van der Waals surface area contributed by atoms with Gasteiger partial charge in [0, 0.05) is 22.6 Å². The third kappa shape index (κ3) is 4.07. The van der Waals surface area contributed by atoms with E-state index in [1.807, 2.05) is 31.2 Å². The number of ether oxygens (including phenoxy) is 2. The quantitative estimate of drug-likeness (QED) is 0.293. The molecule has 7 rings (SSSR count). The van der Waals surface area contributed by atoms with Gasteiger partial charge >= 0.3 is 12.1 Å². The highest BCUT2D eigenvalue weighted by atomic mass is 19.1. The number of benzene rings is 2. The molecule has 0 saturated carbocycles. The van der Waals surface area contributed by atoms with Gasteiger partial charge in [-0.25, -0.2) is 19.0 Å². The Kier molecular flexibility index (Phi) is 6.18. The molecule has 2 aromatic heterocycles. The Morgan fingerprint density at radius 3 is 2.79 bits per heavy atom. The Hall–Kier alpha value is -4.57. The highest BCUT2D eigenvalue weighted by Gasteiger charge is 2.46. The summed E-state index contributed by atoms with van der Waals surface area (Å²) in [5, 5.41) is 15.0. The van der Waals surface area contributed by atoms with Gasteiger partial charge < -0.3 is 24.5 Å². The van der Waals surface area contributed by atoms with Crippen molar-refractivity contribution >= 4 is 23.0 Å². The molecule has 1 amide bonds. The van der Waals surface area contributed by atoms with Crippen molar-refractivity contribution in [2.24, 2.45) is 0 Å². The maximum Gasteiger partial charge on any atom is 0.407 e. The highest BCUT2D eigenvalue weighted by Crippen LogP contribution is 2.46. The van der Waals surface area contributed by atoms with Crippen LogP contribution in [0.1, 0.15) is 70.3 Å². The molecule has 4 aromatic rings. The first-order chi connectivity index (χ1) is 20.6. The Morgan fingerprint density at radius 2 is 2.02 bits per heavy atom. The van der Waals surface area contributed by atoms with Crippen LogP contribution in [0.2, 0.25) is 0 Å². The molecule has 0 spiro atoms. The molecule has 220 valence electrons. The summed E-state index contributed by atoms with van der Waals surface area (Å²) in [4.78, 5) is 44.2. The first kappa shape index (κ1) is 27.3. The van der Waals surface area contributed by atoms with Crippen molar-refractivity contribution in [3.63, 3.8) is 0 Å². The summed E-state index contributed by atoms with van der Waals surface area (Å²) >= 11 is 0. The van der Waals surface area contributed by atoms with E-state index in [2.05, 4.69) is 5.32 Å². The predicted molar refractivity (Wildman–Crippen MR) is 155 cm³/mol. The molecular weight excluding hydrogens is 553 g/mol. The zero-order valence-corrected chi connectivity index (χ0v) is 24.0. The topological polar surface area (TPSA) is 120 Å². The lowest BCUT2D eigenvalue weighted by Crippen LogP contribution is -2.44. The second kappa shape index (κ2) is 9.74. The summed E-state index contributed by atoms with van der Waals surface area (Å²) in [5.74, 6) is -1.18. The fraction of sp³-hybridized carbons (Fsp3) is 0.333. The molecule has 2 atom stereocenters. The lowest BCUT2D eigenvalue weighted by molar-refractivity contribution is -0.172. The Bertz CT molecular complexity index is 1950. The molecule has 0 bridgehead atoms. The summed E-state index contributed by atoms with van der Waals surface area (Å²) in [5.41, 5.74) is 4.16. The van der Waals surface area contributed by atoms with Gasteiger partial charge in [0.15, 0.2) is 5.60 Å². The molecule has 0 unspecified atom stereocenters. The lowest BCUT2D eigenvalue weighted by Gasteiger charge is -2.31. The van der Waals surface area contributed by atoms with Crippen molar-refractivity contribution in [2.75, 3.05) is 0 Å². The number of nitrogens with zero attached hydrogens (tertiary/aromatic N) is 2. The zero-order valence-electron chi connectivity index (χ0n) is 24.0. The van der Waals surface area contributed by atoms with Gasteiger partial charge in [0.2, 0.25) is 0 Å². The van der Waals surface area contributed by atoms with Gasteiger partial charge in [-0.3, -0.25) is 4.79 Å². The van der Waals surface area contributed by atoms with Crippen LogP contribution < -0.4 is 10.9 Å². The number of alkyl carbamates (subject to hydrolysis) is 1. The molecule has 43 heavy (non-hydrogen) atoms. The minimum atomic E-state index is -1.96. The molecule has 1 aliphatic carbocycles. The van der Waals surface area contributed by atoms with E-state index in [-0.39, 0.29) is 48.7 Å². The number of nitrogens with one attached hydrogen (secondary N) is 1. The van der Waals surface area contributed by atoms with Crippen LogP contribution in [0.15, 0.2) is 41.2 Å². The maximum absolute atomic E-state index is 15.1. The smallest absolute Gasteiger partial charge is 0.407 e. The van der Waals surface area contributed by atoms with Crippen molar-refractivity contribution in [3.05, 3.63) is 97.1 Å². The summed E-state index contributed by atoms with van der Waals surface area (Å²) in [6.07, 6.45) is 0.470. The van der Waals surface area contributed by atoms with E-state index in [9.17, 15) is 19.5 Å². The molecule has 0 radical (unpaired) electrons. The molecule has 10 heteroatoms. The van der Waals surface area contributed by atoms with E-state index in [0.717, 1.165) is 33.2 Å². The van der Waals surface area contributed by atoms with Crippen molar-refractivity contribution in [3.8, 4) is 11.4 Å². The fourth-order valence-corrected chi connectivity index (χ4v) is 6.83. The number of carbonyl (C=O) groups excluding carboxylic acids is 2. The van der Waals surface area contributed by atoms with E-state index in [1.54, 1.807) is 24.5 Å². The third-order valence-electron chi connectivity index (χ3n) is 9.12. The average molecular weight is 584 g/mol. The molecule has 2 aliphatic heterocycles. The summed E-state index contributed by atoms with van der Waals surface area (Å²) in [6, 6.07) is 10.3. The first-order valence-electron chi connectivity index (χ1n) is 14.4. The van der Waals surface area contributed by atoms with E-state index in [4.69, 9.17) is 14.5 Å². The number of cyclic esters (lactones) is 1. The Balaban J connectivity index is 1.35. The van der Waals surface area contributed by atoms with Gasteiger partial charge in [0.05, 0.1) is 35.1 Å². The number of esters is 1. The standard InChI is InChI=1S/C33H30FN3O6/c1-4-33(41)22-11-26-29-20(13-37(26)30(38)21(22)15-42-31(33)39)28-24(36-32(40)43-14-18-7-5-6-16(2)10-18)9-8-19-17(3)23(34)12-25(35-29)27(19)28/h5-7,10-12,24,41H,4,8-9,13-15H2,1-3H3,(H,36,40)/t24-,33-/m0/s1. The van der Waals surface area contributed by atoms with E-state index in [0.29, 0.717) is 35.3 Å². The Morgan fingerprint density at radius 1 is 1.21 bits per heavy atom. The Labute approximate surface area is 246 Å². The minimum absolute atomic E-state index is 0.0233. The fourth-order valence-electron chi connectivity index (χ4n) is 6.83.